The summed E-state index contributed by atoms with van der Waals surface area (Å²) in [6, 6.07) is 0.00684. The summed E-state index contributed by atoms with van der Waals surface area (Å²) in [4.78, 5) is 0. The van der Waals surface area contributed by atoms with Gasteiger partial charge in [-0.3, -0.25) is 11.3 Å². The lowest BCUT2D eigenvalue weighted by atomic mass is 10.0. The molecule has 1 atom stereocenters. The number of hydrogen-bond donors (Lipinski definition) is 2. The third kappa shape index (κ3) is 4.35. The van der Waals surface area contributed by atoms with E-state index in [-0.39, 0.29) is 0 Å². The zero-order chi connectivity index (χ0) is 14.8. The highest BCUT2D eigenvalue weighted by Gasteiger charge is 2.36. The van der Waals surface area contributed by atoms with Gasteiger partial charge in [0.2, 0.25) is 0 Å². The molecule has 0 radical (unpaired) electrons. The SMILES string of the molecule is NNC(CC(F)(F)F)c1ccc(F)c(C(F)(F)F)c1. The second kappa shape index (κ2) is 5.33. The van der Waals surface area contributed by atoms with Crippen molar-refractivity contribution in [3.05, 3.63) is 35.1 Å². The summed E-state index contributed by atoms with van der Waals surface area (Å²) in [5.41, 5.74) is -0.264. The second-order valence-electron chi connectivity index (χ2n) is 3.78. The number of hydrogen-bond acceptors (Lipinski definition) is 2. The van der Waals surface area contributed by atoms with Crippen LogP contribution in [0.2, 0.25) is 0 Å². The first kappa shape index (κ1) is 15.7. The lowest BCUT2D eigenvalue weighted by Crippen LogP contribution is -2.32. The Labute approximate surface area is 103 Å². The summed E-state index contributed by atoms with van der Waals surface area (Å²) < 4.78 is 86.8. The van der Waals surface area contributed by atoms with Crippen molar-refractivity contribution in [2.45, 2.75) is 24.8 Å². The normalized spacial score (nSPS) is 14.5. The average molecular weight is 290 g/mol. The van der Waals surface area contributed by atoms with Gasteiger partial charge in [0.25, 0.3) is 0 Å². The predicted octanol–water partition coefficient (Wildman–Crippen LogP) is 3.30. The molecule has 0 fully saturated rings. The number of alkyl halides is 6. The van der Waals surface area contributed by atoms with E-state index in [1.165, 1.54) is 0 Å². The van der Waals surface area contributed by atoms with Gasteiger partial charge < -0.3 is 0 Å². The number of nitrogens with one attached hydrogen (secondary N) is 1. The maximum Gasteiger partial charge on any atom is 0.419 e. The van der Waals surface area contributed by atoms with Crippen molar-refractivity contribution >= 4 is 0 Å². The van der Waals surface area contributed by atoms with Crippen LogP contribution >= 0.6 is 0 Å². The van der Waals surface area contributed by atoms with E-state index < -0.39 is 41.8 Å². The minimum Gasteiger partial charge on any atom is -0.271 e. The van der Waals surface area contributed by atoms with Gasteiger partial charge in [-0.2, -0.15) is 26.3 Å². The maximum absolute atomic E-state index is 13.0. The largest absolute Gasteiger partial charge is 0.419 e. The molecule has 2 nitrogen and oxygen atoms in total. The topological polar surface area (TPSA) is 38.0 Å². The molecule has 0 spiro atoms. The Morgan fingerprint density at radius 3 is 2.11 bits per heavy atom. The molecule has 1 aromatic rings. The van der Waals surface area contributed by atoms with E-state index in [2.05, 4.69) is 0 Å². The highest BCUT2D eigenvalue weighted by Crippen LogP contribution is 2.35. The Morgan fingerprint density at radius 1 is 1.11 bits per heavy atom. The molecule has 0 aliphatic heterocycles. The average Bonchev–Trinajstić information content (AvgIpc) is 2.24. The number of nitrogens with two attached hydrogens (primary N) is 1. The van der Waals surface area contributed by atoms with E-state index in [1.54, 1.807) is 5.43 Å². The van der Waals surface area contributed by atoms with Gasteiger partial charge in [-0.1, -0.05) is 6.07 Å². The summed E-state index contributed by atoms with van der Waals surface area (Å²) in [6.07, 6.45) is -11.1. The van der Waals surface area contributed by atoms with Crippen LogP contribution in [0.5, 0.6) is 0 Å². The standard InChI is InChI=1S/C10H9F7N2/c11-7-2-1-5(3-6(7)10(15,16)17)8(19-18)4-9(12,13)14/h1-3,8,19H,4,18H2. The summed E-state index contributed by atoms with van der Waals surface area (Å²) in [5.74, 6) is 3.33. The van der Waals surface area contributed by atoms with E-state index in [4.69, 9.17) is 5.84 Å². The third-order valence-corrected chi connectivity index (χ3v) is 2.33. The zero-order valence-corrected chi connectivity index (χ0v) is 9.24. The van der Waals surface area contributed by atoms with Crippen molar-refractivity contribution in [1.82, 2.24) is 5.43 Å². The number of rotatable bonds is 3. The van der Waals surface area contributed by atoms with E-state index in [9.17, 15) is 30.7 Å². The summed E-state index contributed by atoms with van der Waals surface area (Å²) in [7, 11) is 0. The fraction of sp³-hybridized carbons (Fsp3) is 0.400. The molecular formula is C10H9F7N2. The van der Waals surface area contributed by atoms with Gasteiger partial charge in [0.15, 0.2) is 0 Å². The smallest absolute Gasteiger partial charge is 0.271 e. The molecule has 1 unspecified atom stereocenters. The van der Waals surface area contributed by atoms with Crippen LogP contribution in [0.1, 0.15) is 23.6 Å². The molecule has 1 rings (SSSR count). The van der Waals surface area contributed by atoms with Gasteiger partial charge in [0.05, 0.1) is 18.0 Å². The zero-order valence-electron chi connectivity index (χ0n) is 9.24. The fourth-order valence-corrected chi connectivity index (χ4v) is 1.48. The molecule has 0 heterocycles. The molecule has 0 aliphatic rings. The highest BCUT2D eigenvalue weighted by molar-refractivity contribution is 5.29. The lowest BCUT2D eigenvalue weighted by molar-refractivity contribution is -0.141. The fourth-order valence-electron chi connectivity index (χ4n) is 1.48. The quantitative estimate of drug-likeness (QED) is 0.509. The Balaban J connectivity index is 3.13. The maximum atomic E-state index is 13.0. The molecule has 19 heavy (non-hydrogen) atoms. The Morgan fingerprint density at radius 2 is 1.68 bits per heavy atom. The molecule has 3 N–H and O–H groups in total. The van der Waals surface area contributed by atoms with Gasteiger partial charge in [0.1, 0.15) is 5.82 Å². The van der Waals surface area contributed by atoms with Gasteiger partial charge in [-0.15, -0.1) is 0 Å². The minimum absolute atomic E-state index is 0.311. The molecule has 0 saturated heterocycles. The molecular weight excluding hydrogens is 281 g/mol. The Hall–Kier alpha value is -1.35. The summed E-state index contributed by atoms with van der Waals surface area (Å²) in [5, 5.41) is 0. The first-order valence-corrected chi connectivity index (χ1v) is 4.94. The molecule has 0 aliphatic carbocycles. The molecule has 9 heteroatoms. The Kier molecular flexibility index (Phi) is 4.41. The van der Waals surface area contributed by atoms with Gasteiger partial charge in [-0.25, -0.2) is 4.39 Å². The number of benzene rings is 1. The summed E-state index contributed by atoms with van der Waals surface area (Å²) in [6.45, 7) is 0. The second-order valence-corrected chi connectivity index (χ2v) is 3.78. The van der Waals surface area contributed by atoms with Crippen LogP contribution in [0.3, 0.4) is 0 Å². The van der Waals surface area contributed by atoms with Crippen molar-refractivity contribution in [2.24, 2.45) is 5.84 Å². The molecule has 0 aromatic heterocycles. The van der Waals surface area contributed by atoms with Crippen molar-refractivity contribution in [2.75, 3.05) is 0 Å². The van der Waals surface area contributed by atoms with Crippen molar-refractivity contribution in [3.63, 3.8) is 0 Å². The highest BCUT2D eigenvalue weighted by atomic mass is 19.4. The first-order chi connectivity index (χ1) is 8.54. The van der Waals surface area contributed by atoms with Crippen LogP contribution in [0.25, 0.3) is 0 Å². The predicted molar refractivity (Wildman–Crippen MR) is 52.1 cm³/mol. The van der Waals surface area contributed by atoms with Crippen LogP contribution in [-0.2, 0) is 6.18 Å². The first-order valence-electron chi connectivity index (χ1n) is 4.94. The Bertz CT molecular complexity index is 438. The van der Waals surface area contributed by atoms with Crippen molar-refractivity contribution < 1.29 is 30.7 Å². The third-order valence-electron chi connectivity index (χ3n) is 2.33. The van der Waals surface area contributed by atoms with Gasteiger partial charge in [0, 0.05) is 0 Å². The van der Waals surface area contributed by atoms with Crippen molar-refractivity contribution in [3.8, 4) is 0 Å². The molecule has 108 valence electrons. The molecule has 0 bridgehead atoms. The van der Waals surface area contributed by atoms with Crippen LogP contribution in [-0.4, -0.2) is 6.18 Å². The summed E-state index contributed by atoms with van der Waals surface area (Å²) >= 11 is 0. The van der Waals surface area contributed by atoms with Gasteiger partial charge >= 0.3 is 12.4 Å². The van der Waals surface area contributed by atoms with Gasteiger partial charge in [-0.05, 0) is 17.7 Å². The van der Waals surface area contributed by atoms with E-state index >= 15 is 0 Å². The van der Waals surface area contributed by atoms with E-state index in [0.29, 0.717) is 12.1 Å². The molecule has 1 aromatic carbocycles. The minimum atomic E-state index is -4.99. The van der Waals surface area contributed by atoms with Crippen LogP contribution in [0, 0.1) is 5.82 Å². The van der Waals surface area contributed by atoms with E-state index in [1.807, 2.05) is 0 Å². The van der Waals surface area contributed by atoms with Crippen LogP contribution < -0.4 is 11.3 Å². The molecule has 0 amide bonds. The lowest BCUT2D eigenvalue weighted by Gasteiger charge is -2.19. The number of halogens is 7. The monoisotopic (exact) mass is 290 g/mol. The molecule has 0 saturated carbocycles. The van der Waals surface area contributed by atoms with Crippen LogP contribution in [0.4, 0.5) is 30.7 Å². The van der Waals surface area contributed by atoms with Crippen LogP contribution in [0.15, 0.2) is 18.2 Å². The van der Waals surface area contributed by atoms with E-state index in [0.717, 1.165) is 6.07 Å². The number of hydrazine groups is 1. The van der Waals surface area contributed by atoms with Crippen molar-refractivity contribution in [1.29, 1.82) is 0 Å².